The third-order valence-electron chi connectivity index (χ3n) is 5.45. The Morgan fingerprint density at radius 1 is 1.03 bits per heavy atom. The van der Waals surface area contributed by atoms with Crippen LogP contribution in [-0.4, -0.2) is 21.1 Å². The number of allylic oxidation sites excluding steroid dienone is 1. The van der Waals surface area contributed by atoms with Gasteiger partial charge in [-0.25, -0.2) is 4.79 Å². The number of furan rings is 1. The standard InChI is InChI=1S/C24H18Cl2N4O3/c1-14-20(23-28-22(29-33-23)16-6-10-18(26)11-7-16)21(15-4-8-17(25)9-5-15)27-24(31)30(14)13-19-3-2-12-32-19/h2-12,21H,13H2,1H3,(H,27,31). The molecular weight excluding hydrogens is 463 g/mol. The summed E-state index contributed by atoms with van der Waals surface area (Å²) in [6.07, 6.45) is 1.57. The van der Waals surface area contributed by atoms with Crippen LogP contribution in [0.15, 0.2) is 81.6 Å². The van der Waals surface area contributed by atoms with Crippen molar-refractivity contribution in [2.75, 3.05) is 0 Å². The molecular formula is C24H18Cl2N4O3. The molecule has 2 aromatic heterocycles. The topological polar surface area (TPSA) is 84.4 Å². The van der Waals surface area contributed by atoms with Crippen molar-refractivity contribution in [1.82, 2.24) is 20.4 Å². The van der Waals surface area contributed by atoms with Crippen molar-refractivity contribution in [3.63, 3.8) is 0 Å². The molecule has 5 rings (SSSR count). The molecule has 7 nitrogen and oxygen atoms in total. The molecule has 9 heteroatoms. The maximum Gasteiger partial charge on any atom is 0.322 e. The molecule has 1 aliphatic heterocycles. The van der Waals surface area contributed by atoms with Crippen LogP contribution in [0.4, 0.5) is 4.79 Å². The normalized spacial score (nSPS) is 16.3. The zero-order chi connectivity index (χ0) is 22.9. The van der Waals surface area contributed by atoms with E-state index in [1.54, 1.807) is 41.5 Å². The second kappa shape index (κ2) is 8.77. The summed E-state index contributed by atoms with van der Waals surface area (Å²) in [4.78, 5) is 19.3. The monoisotopic (exact) mass is 480 g/mol. The van der Waals surface area contributed by atoms with Crippen LogP contribution in [0.2, 0.25) is 10.0 Å². The molecule has 1 unspecified atom stereocenters. The second-order valence-corrected chi connectivity index (χ2v) is 8.40. The van der Waals surface area contributed by atoms with Gasteiger partial charge in [-0.2, -0.15) is 4.98 Å². The molecule has 0 spiro atoms. The number of hydrogen-bond donors (Lipinski definition) is 1. The Labute approximate surface area is 199 Å². The van der Waals surface area contributed by atoms with E-state index in [9.17, 15) is 4.79 Å². The van der Waals surface area contributed by atoms with Gasteiger partial charge in [0, 0.05) is 21.3 Å². The number of nitrogens with zero attached hydrogens (tertiary/aromatic N) is 3. The molecule has 0 radical (unpaired) electrons. The smallest absolute Gasteiger partial charge is 0.322 e. The number of nitrogens with one attached hydrogen (secondary N) is 1. The molecule has 1 aliphatic rings. The molecule has 33 heavy (non-hydrogen) atoms. The van der Waals surface area contributed by atoms with Crippen LogP contribution < -0.4 is 5.32 Å². The highest BCUT2D eigenvalue weighted by Crippen LogP contribution is 2.38. The molecule has 1 N–H and O–H groups in total. The Morgan fingerprint density at radius 3 is 2.39 bits per heavy atom. The van der Waals surface area contributed by atoms with Gasteiger partial charge in [-0.3, -0.25) is 4.90 Å². The Balaban J connectivity index is 1.59. The summed E-state index contributed by atoms with van der Waals surface area (Å²) in [5.74, 6) is 1.38. The van der Waals surface area contributed by atoms with Crippen LogP contribution in [0.25, 0.3) is 17.0 Å². The molecule has 0 bridgehead atoms. The second-order valence-electron chi connectivity index (χ2n) is 7.53. The van der Waals surface area contributed by atoms with Gasteiger partial charge in [0.05, 0.1) is 24.4 Å². The molecule has 166 valence electrons. The summed E-state index contributed by atoms with van der Waals surface area (Å²) in [7, 11) is 0. The number of carbonyl (C=O) groups is 1. The quantitative estimate of drug-likeness (QED) is 0.360. The first-order chi connectivity index (χ1) is 16.0. The summed E-state index contributed by atoms with van der Waals surface area (Å²) >= 11 is 12.1. The maximum atomic E-state index is 13.1. The van der Waals surface area contributed by atoms with Gasteiger partial charge in [0.15, 0.2) is 0 Å². The largest absolute Gasteiger partial charge is 0.467 e. The highest BCUT2D eigenvalue weighted by Gasteiger charge is 2.36. The Bertz CT molecular complexity index is 1310. The molecule has 0 saturated heterocycles. The van der Waals surface area contributed by atoms with E-state index >= 15 is 0 Å². The first kappa shape index (κ1) is 21.3. The lowest BCUT2D eigenvalue weighted by atomic mass is 9.94. The molecule has 0 saturated carbocycles. The van der Waals surface area contributed by atoms with Crippen LogP contribution in [0.3, 0.4) is 0 Å². The van der Waals surface area contributed by atoms with E-state index in [1.165, 1.54) is 0 Å². The molecule has 1 atom stereocenters. The first-order valence-electron chi connectivity index (χ1n) is 10.2. The fourth-order valence-corrected chi connectivity index (χ4v) is 4.01. The summed E-state index contributed by atoms with van der Waals surface area (Å²) in [5.41, 5.74) is 2.98. The highest BCUT2D eigenvalue weighted by molar-refractivity contribution is 6.30. The number of carbonyl (C=O) groups excluding carboxylic acids is 1. The third kappa shape index (κ3) is 4.25. The number of rotatable bonds is 5. The Hall–Kier alpha value is -3.55. The number of urea groups is 1. The summed E-state index contributed by atoms with van der Waals surface area (Å²) < 4.78 is 11.1. The van der Waals surface area contributed by atoms with Gasteiger partial charge in [0.1, 0.15) is 5.76 Å². The number of aromatic nitrogens is 2. The minimum absolute atomic E-state index is 0.259. The molecule has 0 aliphatic carbocycles. The number of amides is 2. The van der Waals surface area contributed by atoms with E-state index < -0.39 is 6.04 Å². The number of halogens is 2. The third-order valence-corrected chi connectivity index (χ3v) is 5.96. The van der Waals surface area contributed by atoms with Gasteiger partial charge < -0.3 is 14.3 Å². The minimum Gasteiger partial charge on any atom is -0.467 e. The van der Waals surface area contributed by atoms with Crippen molar-refractivity contribution in [3.05, 3.63) is 99.9 Å². The van der Waals surface area contributed by atoms with Crippen LogP contribution in [0.1, 0.15) is 30.2 Å². The molecule has 4 aromatic rings. The maximum absolute atomic E-state index is 13.1. The summed E-state index contributed by atoms with van der Waals surface area (Å²) in [6.45, 7) is 2.12. The van der Waals surface area contributed by atoms with Gasteiger partial charge in [-0.15, -0.1) is 0 Å². The van der Waals surface area contributed by atoms with E-state index in [1.807, 2.05) is 37.3 Å². The van der Waals surface area contributed by atoms with E-state index in [-0.39, 0.29) is 12.6 Å². The number of benzene rings is 2. The Morgan fingerprint density at radius 2 is 1.73 bits per heavy atom. The lowest BCUT2D eigenvalue weighted by molar-refractivity contribution is 0.199. The summed E-state index contributed by atoms with van der Waals surface area (Å²) in [6, 6.07) is 17.3. The van der Waals surface area contributed by atoms with Gasteiger partial charge in [-0.1, -0.05) is 40.5 Å². The van der Waals surface area contributed by atoms with Crippen LogP contribution >= 0.6 is 23.2 Å². The van der Waals surface area contributed by atoms with Gasteiger partial charge >= 0.3 is 6.03 Å². The molecule has 2 amide bonds. The van der Waals surface area contributed by atoms with Gasteiger partial charge in [0.2, 0.25) is 5.82 Å². The zero-order valence-electron chi connectivity index (χ0n) is 17.5. The lowest BCUT2D eigenvalue weighted by Crippen LogP contribution is -2.45. The van der Waals surface area contributed by atoms with E-state index in [0.29, 0.717) is 38.8 Å². The predicted octanol–water partition coefficient (Wildman–Crippen LogP) is 6.33. The molecule has 0 fully saturated rings. The fraction of sp³-hybridized carbons (Fsp3) is 0.125. The summed E-state index contributed by atoms with van der Waals surface area (Å²) in [5, 5.41) is 8.42. The lowest BCUT2D eigenvalue weighted by Gasteiger charge is -2.34. The van der Waals surface area contributed by atoms with Crippen LogP contribution in [0, 0.1) is 0 Å². The van der Waals surface area contributed by atoms with Gasteiger partial charge in [-0.05, 0) is 61.0 Å². The van der Waals surface area contributed by atoms with Crippen molar-refractivity contribution in [2.24, 2.45) is 0 Å². The SMILES string of the molecule is CC1=C(c2nc(-c3ccc(Cl)cc3)no2)C(c2ccc(Cl)cc2)NC(=O)N1Cc1ccco1. The van der Waals surface area contributed by atoms with Crippen molar-refractivity contribution in [2.45, 2.75) is 19.5 Å². The molecule has 3 heterocycles. The van der Waals surface area contributed by atoms with Crippen molar-refractivity contribution < 1.29 is 13.7 Å². The fourth-order valence-electron chi connectivity index (χ4n) is 3.76. The minimum atomic E-state index is -0.499. The average molecular weight is 481 g/mol. The van der Waals surface area contributed by atoms with E-state index in [2.05, 4.69) is 15.5 Å². The average Bonchev–Trinajstić information content (AvgIpc) is 3.50. The molecule has 2 aromatic carbocycles. The van der Waals surface area contributed by atoms with Crippen molar-refractivity contribution in [3.8, 4) is 11.4 Å². The van der Waals surface area contributed by atoms with E-state index in [4.69, 9.17) is 32.1 Å². The zero-order valence-corrected chi connectivity index (χ0v) is 19.0. The Kier molecular flexibility index (Phi) is 5.66. The number of hydrogen-bond acceptors (Lipinski definition) is 5. The van der Waals surface area contributed by atoms with E-state index in [0.717, 1.165) is 11.1 Å². The predicted molar refractivity (Wildman–Crippen MR) is 124 cm³/mol. The first-order valence-corrected chi connectivity index (χ1v) is 10.9. The van der Waals surface area contributed by atoms with Crippen LogP contribution in [0.5, 0.6) is 0 Å². The highest BCUT2D eigenvalue weighted by atomic mass is 35.5. The van der Waals surface area contributed by atoms with Crippen molar-refractivity contribution >= 4 is 34.8 Å². The van der Waals surface area contributed by atoms with Crippen molar-refractivity contribution in [1.29, 1.82) is 0 Å². The van der Waals surface area contributed by atoms with Gasteiger partial charge in [0.25, 0.3) is 5.89 Å². The van der Waals surface area contributed by atoms with Crippen LogP contribution in [-0.2, 0) is 6.54 Å².